The Morgan fingerprint density at radius 1 is 0.949 bits per heavy atom. The van der Waals surface area contributed by atoms with E-state index < -0.39 is 5.63 Å². The van der Waals surface area contributed by atoms with E-state index in [0.29, 0.717) is 52.3 Å². The molecule has 0 bridgehead atoms. The average molecular weight is 524 g/mol. The minimum atomic E-state index is -0.411. The molecule has 10 heteroatoms. The third-order valence-corrected chi connectivity index (χ3v) is 6.84. The summed E-state index contributed by atoms with van der Waals surface area (Å²) >= 11 is 0. The fraction of sp³-hybridized carbons (Fsp3) is 0.207. The number of hydrogen-bond acceptors (Lipinski definition) is 8. The van der Waals surface area contributed by atoms with Gasteiger partial charge in [0.15, 0.2) is 0 Å². The molecule has 0 saturated carbocycles. The van der Waals surface area contributed by atoms with Crippen molar-refractivity contribution in [2.45, 2.75) is 13.5 Å². The molecule has 0 radical (unpaired) electrons. The lowest BCUT2D eigenvalue weighted by Crippen LogP contribution is -2.43. The number of benzene rings is 3. The number of carbonyl (C=O) groups is 2. The van der Waals surface area contributed by atoms with Crippen LogP contribution >= 0.6 is 0 Å². The third-order valence-electron chi connectivity index (χ3n) is 6.84. The number of likely N-dealkylation sites (N-methyl/N-ethyl adjacent to an activating group) is 1. The fourth-order valence-corrected chi connectivity index (χ4v) is 4.87. The Balaban J connectivity index is 1.28. The molecule has 5 aromatic rings. The molecule has 0 atom stereocenters. The molecule has 3 heterocycles. The van der Waals surface area contributed by atoms with Gasteiger partial charge in [-0.15, -0.1) is 5.10 Å². The van der Waals surface area contributed by atoms with Crippen LogP contribution in [0.5, 0.6) is 5.75 Å². The van der Waals surface area contributed by atoms with Crippen molar-refractivity contribution in [1.29, 1.82) is 0 Å². The lowest BCUT2D eigenvalue weighted by molar-refractivity contribution is 0.0601. The minimum Gasteiger partial charge on any atom is -0.487 e. The number of ether oxygens (including phenoxy) is 1. The zero-order valence-electron chi connectivity index (χ0n) is 21.7. The molecule has 1 aliphatic rings. The van der Waals surface area contributed by atoms with Gasteiger partial charge in [0.05, 0.1) is 11.9 Å². The predicted octanol–water partition coefficient (Wildman–Crippen LogP) is 3.57. The second-order valence-corrected chi connectivity index (χ2v) is 9.78. The molecule has 196 valence electrons. The summed E-state index contributed by atoms with van der Waals surface area (Å²) in [7, 11) is 3.80. The first-order chi connectivity index (χ1) is 18.8. The van der Waals surface area contributed by atoms with E-state index in [1.807, 2.05) is 56.3 Å². The van der Waals surface area contributed by atoms with E-state index in [2.05, 4.69) is 10.3 Å². The van der Waals surface area contributed by atoms with Crippen LogP contribution in [0.25, 0.3) is 27.4 Å². The van der Waals surface area contributed by atoms with Crippen molar-refractivity contribution < 1.29 is 18.7 Å². The summed E-state index contributed by atoms with van der Waals surface area (Å²) in [6.07, 6.45) is 1.74. The van der Waals surface area contributed by atoms with Crippen molar-refractivity contribution in [2.24, 2.45) is 0 Å². The van der Waals surface area contributed by atoms with Gasteiger partial charge in [-0.1, -0.05) is 17.3 Å². The lowest BCUT2D eigenvalue weighted by atomic mass is 9.93. The highest BCUT2D eigenvalue weighted by Gasteiger charge is 2.33. The Kier molecular flexibility index (Phi) is 5.96. The topological polar surface area (TPSA) is 111 Å². The van der Waals surface area contributed by atoms with E-state index in [1.165, 1.54) is 11.0 Å². The van der Waals surface area contributed by atoms with Crippen LogP contribution < -0.4 is 10.4 Å². The Bertz CT molecular complexity index is 1820. The molecule has 0 aliphatic carbocycles. The SMILES string of the molecule is Cc1cc(=O)oc2cc(OCc3cn(-c4ccc5c6c(cccc46)C(=O)N(CCN(C)C)C5=O)nn3)ccc12. The average Bonchev–Trinajstić information content (AvgIpc) is 3.38. The molecule has 6 rings (SSSR count). The predicted molar refractivity (Wildman–Crippen MR) is 144 cm³/mol. The monoisotopic (exact) mass is 523 g/mol. The first-order valence-electron chi connectivity index (χ1n) is 12.5. The summed E-state index contributed by atoms with van der Waals surface area (Å²) in [4.78, 5) is 41.4. The molecule has 0 N–H and O–H groups in total. The van der Waals surface area contributed by atoms with Crippen molar-refractivity contribution in [1.82, 2.24) is 24.8 Å². The molecule has 3 aromatic carbocycles. The smallest absolute Gasteiger partial charge is 0.336 e. The van der Waals surface area contributed by atoms with Crippen LogP contribution in [0.4, 0.5) is 0 Å². The van der Waals surface area contributed by atoms with Gasteiger partial charge in [-0.25, -0.2) is 9.48 Å². The third kappa shape index (κ3) is 4.34. The summed E-state index contributed by atoms with van der Waals surface area (Å²) in [5.41, 5.74) is 3.12. The van der Waals surface area contributed by atoms with E-state index in [1.54, 1.807) is 29.1 Å². The first kappa shape index (κ1) is 24.5. The Morgan fingerprint density at radius 3 is 2.54 bits per heavy atom. The van der Waals surface area contributed by atoms with Crippen LogP contribution in [-0.4, -0.2) is 63.8 Å². The van der Waals surface area contributed by atoms with Crippen molar-refractivity contribution >= 4 is 33.6 Å². The molecule has 0 spiro atoms. The van der Waals surface area contributed by atoms with Gasteiger partial charge in [0.25, 0.3) is 11.8 Å². The van der Waals surface area contributed by atoms with E-state index in [0.717, 1.165) is 16.3 Å². The van der Waals surface area contributed by atoms with Gasteiger partial charge >= 0.3 is 5.63 Å². The molecule has 1 aliphatic heterocycles. The standard InChI is InChI=1S/C29H25N5O5/c1-17-13-26(35)39-25-14-19(7-8-20(17)25)38-16-18-15-34(31-30-18)24-10-9-23-27-21(24)5-4-6-22(27)28(36)33(29(23)37)12-11-32(2)3/h4-10,13-15H,11-12,16H2,1-3H3. The second kappa shape index (κ2) is 9.48. The van der Waals surface area contributed by atoms with Crippen molar-refractivity contribution in [3.8, 4) is 11.4 Å². The number of fused-ring (bicyclic) bond motifs is 1. The number of hydrogen-bond donors (Lipinski definition) is 0. The summed E-state index contributed by atoms with van der Waals surface area (Å²) in [6.45, 7) is 2.89. The van der Waals surface area contributed by atoms with Gasteiger partial charge in [-0.2, -0.15) is 0 Å². The quantitative estimate of drug-likeness (QED) is 0.235. The van der Waals surface area contributed by atoms with Crippen LogP contribution in [0.2, 0.25) is 0 Å². The van der Waals surface area contributed by atoms with Crippen LogP contribution in [-0.2, 0) is 6.61 Å². The highest BCUT2D eigenvalue weighted by atomic mass is 16.5. The number of nitrogens with zero attached hydrogens (tertiary/aromatic N) is 5. The minimum absolute atomic E-state index is 0.140. The van der Waals surface area contributed by atoms with Crippen molar-refractivity contribution in [2.75, 3.05) is 27.2 Å². The van der Waals surface area contributed by atoms with E-state index in [-0.39, 0.29) is 18.4 Å². The maximum Gasteiger partial charge on any atom is 0.336 e. The second-order valence-electron chi connectivity index (χ2n) is 9.78. The fourth-order valence-electron chi connectivity index (χ4n) is 4.87. The number of aromatic nitrogens is 3. The van der Waals surface area contributed by atoms with Gasteiger partial charge in [-0.05, 0) is 56.9 Å². The zero-order valence-corrected chi connectivity index (χ0v) is 21.7. The number of amides is 2. The van der Waals surface area contributed by atoms with Crippen LogP contribution in [0.3, 0.4) is 0 Å². The molecule has 2 aromatic heterocycles. The van der Waals surface area contributed by atoms with Crippen LogP contribution in [0, 0.1) is 6.92 Å². The lowest BCUT2D eigenvalue weighted by Gasteiger charge is -2.28. The summed E-state index contributed by atoms with van der Waals surface area (Å²) in [6, 6.07) is 15.8. The van der Waals surface area contributed by atoms with E-state index in [9.17, 15) is 14.4 Å². The van der Waals surface area contributed by atoms with Crippen molar-refractivity contribution in [3.63, 3.8) is 0 Å². The first-order valence-corrected chi connectivity index (χ1v) is 12.5. The Hall–Kier alpha value is -4.83. The van der Waals surface area contributed by atoms with Crippen molar-refractivity contribution in [3.05, 3.63) is 93.6 Å². The highest BCUT2D eigenvalue weighted by molar-refractivity contribution is 6.26. The van der Waals surface area contributed by atoms with Gasteiger partial charge in [-0.3, -0.25) is 14.5 Å². The molecule has 0 unspecified atom stereocenters. The summed E-state index contributed by atoms with van der Waals surface area (Å²) in [5, 5.41) is 10.7. The van der Waals surface area contributed by atoms with Gasteiger partial charge in [0, 0.05) is 52.5 Å². The molecular formula is C29H25N5O5. The molecule has 2 amide bonds. The molecular weight excluding hydrogens is 498 g/mol. The number of aryl methyl sites for hydroxylation is 1. The van der Waals surface area contributed by atoms with Gasteiger partial charge < -0.3 is 14.1 Å². The Morgan fingerprint density at radius 2 is 1.74 bits per heavy atom. The molecule has 0 fully saturated rings. The van der Waals surface area contributed by atoms with Gasteiger partial charge in [0.2, 0.25) is 0 Å². The maximum absolute atomic E-state index is 13.2. The Labute approximate surface area is 223 Å². The molecule has 0 saturated heterocycles. The van der Waals surface area contributed by atoms with Crippen LogP contribution in [0.1, 0.15) is 32.0 Å². The zero-order chi connectivity index (χ0) is 27.3. The molecule has 39 heavy (non-hydrogen) atoms. The summed E-state index contributed by atoms with van der Waals surface area (Å²) in [5.74, 6) is -0.0689. The van der Waals surface area contributed by atoms with Gasteiger partial charge in [0.1, 0.15) is 23.6 Å². The number of rotatable bonds is 7. The summed E-state index contributed by atoms with van der Waals surface area (Å²) < 4.78 is 12.8. The van der Waals surface area contributed by atoms with Crippen LogP contribution in [0.15, 0.2) is 70.0 Å². The molecule has 10 nitrogen and oxygen atoms in total. The largest absolute Gasteiger partial charge is 0.487 e. The van der Waals surface area contributed by atoms with E-state index >= 15 is 0 Å². The number of carbonyl (C=O) groups excluding carboxylic acids is 2. The van der Waals surface area contributed by atoms with E-state index in [4.69, 9.17) is 9.15 Å². The maximum atomic E-state index is 13.2. The number of imide groups is 1. The normalized spacial score (nSPS) is 13.2. The highest BCUT2D eigenvalue weighted by Crippen LogP contribution is 2.33.